The number of pyridine rings is 1. The van der Waals surface area contributed by atoms with E-state index in [4.69, 9.17) is 4.74 Å². The number of ether oxygens (including phenoxy) is 1. The van der Waals surface area contributed by atoms with Gasteiger partial charge in [0, 0.05) is 17.0 Å². The minimum Gasteiger partial charge on any atom is -0.449 e. The number of benzene rings is 3. The smallest absolute Gasteiger partial charge is 0.257 e. The summed E-state index contributed by atoms with van der Waals surface area (Å²) >= 11 is 0. The monoisotopic (exact) mass is 410 g/mol. The number of para-hydroxylation sites is 1. The fourth-order valence-electron chi connectivity index (χ4n) is 5.20. The Kier molecular flexibility index (Phi) is 4.25. The molecule has 1 aliphatic heterocycles. The summed E-state index contributed by atoms with van der Waals surface area (Å²) in [6.45, 7) is 15.9. The summed E-state index contributed by atoms with van der Waals surface area (Å²) in [5.41, 5.74) is 8.97. The zero-order chi connectivity index (χ0) is 22.2. The summed E-state index contributed by atoms with van der Waals surface area (Å²) < 4.78 is 9.19. The molecule has 0 radical (unpaired) electrons. The molecule has 31 heavy (non-hydrogen) atoms. The number of rotatable bonds is 1. The maximum atomic E-state index is 6.86. The Bertz CT molecular complexity index is 1390. The van der Waals surface area contributed by atoms with Gasteiger partial charge in [-0.3, -0.25) is 0 Å². The van der Waals surface area contributed by atoms with Gasteiger partial charge in [0.05, 0.1) is 10.9 Å². The van der Waals surface area contributed by atoms with Crippen molar-refractivity contribution in [2.24, 2.45) is 7.05 Å². The first-order valence-corrected chi connectivity index (χ1v) is 11.3. The number of aromatic nitrogens is 1. The number of aryl methyl sites for hydroxylation is 2. The molecule has 2 heteroatoms. The van der Waals surface area contributed by atoms with E-state index in [1.165, 1.54) is 55.2 Å². The van der Waals surface area contributed by atoms with Crippen molar-refractivity contribution in [1.82, 2.24) is 0 Å². The first-order chi connectivity index (χ1) is 14.6. The van der Waals surface area contributed by atoms with E-state index >= 15 is 0 Å². The minimum absolute atomic E-state index is 0.0536. The third-order valence-electron chi connectivity index (χ3n) is 6.92. The van der Waals surface area contributed by atoms with Crippen molar-refractivity contribution < 1.29 is 9.30 Å². The molecule has 0 spiro atoms. The van der Waals surface area contributed by atoms with Gasteiger partial charge >= 0.3 is 0 Å². The van der Waals surface area contributed by atoms with Gasteiger partial charge in [-0.1, -0.05) is 58.9 Å². The predicted octanol–water partition coefficient (Wildman–Crippen LogP) is 7.63. The van der Waals surface area contributed by atoms with E-state index in [2.05, 4.69) is 103 Å². The Morgan fingerprint density at radius 2 is 1.68 bits per heavy atom. The van der Waals surface area contributed by atoms with E-state index < -0.39 is 0 Å². The lowest BCUT2D eigenvalue weighted by Crippen LogP contribution is -2.35. The second-order valence-electron chi connectivity index (χ2n) is 10.4. The van der Waals surface area contributed by atoms with E-state index in [9.17, 15) is 0 Å². The van der Waals surface area contributed by atoms with Crippen molar-refractivity contribution in [2.75, 3.05) is 0 Å². The van der Waals surface area contributed by atoms with Gasteiger partial charge in [0.1, 0.15) is 12.8 Å². The molecule has 2 heterocycles. The van der Waals surface area contributed by atoms with Gasteiger partial charge in [0.2, 0.25) is 11.3 Å². The Balaban J connectivity index is 2.04. The molecule has 0 N–H and O–H groups in total. The Labute approximate surface area is 185 Å². The lowest BCUT2D eigenvalue weighted by molar-refractivity contribution is -0.633. The van der Waals surface area contributed by atoms with Crippen LogP contribution in [0.2, 0.25) is 0 Å². The number of hydrogen-bond donors (Lipinski definition) is 0. The lowest BCUT2D eigenvalue weighted by Gasteiger charge is -2.29. The fourth-order valence-corrected chi connectivity index (χ4v) is 5.20. The molecule has 0 aliphatic carbocycles. The fraction of sp³-hybridized carbons (Fsp3) is 0.345. The van der Waals surface area contributed by atoms with Gasteiger partial charge in [-0.25, -0.2) is 0 Å². The molecular weight excluding hydrogens is 378 g/mol. The Morgan fingerprint density at radius 1 is 0.968 bits per heavy atom. The molecule has 0 unspecified atom stereocenters. The van der Waals surface area contributed by atoms with Crippen LogP contribution >= 0.6 is 0 Å². The second kappa shape index (κ2) is 6.56. The van der Waals surface area contributed by atoms with Crippen LogP contribution in [-0.2, 0) is 12.5 Å². The molecule has 4 aromatic rings. The highest BCUT2D eigenvalue weighted by Gasteiger charge is 2.37. The van der Waals surface area contributed by atoms with Gasteiger partial charge in [-0.05, 0) is 59.4 Å². The first kappa shape index (κ1) is 20.1. The summed E-state index contributed by atoms with van der Waals surface area (Å²) in [6.07, 6.45) is 0. The van der Waals surface area contributed by atoms with E-state index in [0.29, 0.717) is 5.92 Å². The molecule has 0 fully saturated rings. The van der Waals surface area contributed by atoms with E-state index in [-0.39, 0.29) is 5.41 Å². The lowest BCUT2D eigenvalue weighted by atomic mass is 9.80. The summed E-state index contributed by atoms with van der Waals surface area (Å²) in [5, 5.41) is 3.78. The van der Waals surface area contributed by atoms with E-state index in [1.807, 2.05) is 0 Å². The zero-order valence-electron chi connectivity index (χ0n) is 20.0. The molecule has 3 aromatic carbocycles. The molecule has 2 nitrogen and oxygen atoms in total. The normalized spacial score (nSPS) is 13.1. The quantitative estimate of drug-likeness (QED) is 0.259. The van der Waals surface area contributed by atoms with Crippen LogP contribution in [0.1, 0.15) is 62.8 Å². The molecular formula is C29H32NO+. The largest absolute Gasteiger partial charge is 0.449 e. The molecule has 5 rings (SSSR count). The average Bonchev–Trinajstić information content (AvgIpc) is 2.70. The van der Waals surface area contributed by atoms with E-state index in [0.717, 1.165) is 11.5 Å². The molecule has 1 aliphatic rings. The molecule has 0 atom stereocenters. The number of nitrogens with zero attached hydrogens (tertiary/aromatic N) is 1. The first-order valence-electron chi connectivity index (χ1n) is 11.3. The number of hydrogen-bond acceptors (Lipinski definition) is 1. The van der Waals surface area contributed by atoms with Crippen molar-refractivity contribution in [3.8, 4) is 22.8 Å². The van der Waals surface area contributed by atoms with Crippen LogP contribution < -0.4 is 9.30 Å². The maximum absolute atomic E-state index is 6.86. The molecule has 0 amide bonds. The third-order valence-corrected chi connectivity index (χ3v) is 6.92. The van der Waals surface area contributed by atoms with Crippen LogP contribution in [0.25, 0.3) is 32.9 Å². The zero-order valence-corrected chi connectivity index (χ0v) is 20.0. The van der Waals surface area contributed by atoms with Gasteiger partial charge < -0.3 is 4.74 Å². The van der Waals surface area contributed by atoms with Crippen LogP contribution in [0, 0.1) is 13.8 Å². The molecule has 158 valence electrons. The van der Waals surface area contributed by atoms with Crippen LogP contribution in [0.15, 0.2) is 42.5 Å². The minimum atomic E-state index is -0.0536. The SMILES string of the molecule is Cc1cc2cc(C(C)C)cc3c2c(c1C)-c1c(c(C(C)(C)C)c2ccccc2[n+]1C)O3. The van der Waals surface area contributed by atoms with Crippen LogP contribution in [-0.4, -0.2) is 0 Å². The van der Waals surface area contributed by atoms with Crippen molar-refractivity contribution in [3.63, 3.8) is 0 Å². The molecule has 1 aromatic heterocycles. The van der Waals surface area contributed by atoms with Gasteiger partial charge in [-0.15, -0.1) is 0 Å². The van der Waals surface area contributed by atoms with Crippen molar-refractivity contribution in [1.29, 1.82) is 0 Å². The summed E-state index contributed by atoms with van der Waals surface area (Å²) in [7, 11) is 2.18. The highest BCUT2D eigenvalue weighted by Crippen LogP contribution is 2.52. The van der Waals surface area contributed by atoms with Crippen molar-refractivity contribution in [3.05, 3.63) is 64.7 Å². The van der Waals surface area contributed by atoms with Crippen molar-refractivity contribution in [2.45, 2.75) is 59.8 Å². The highest BCUT2D eigenvalue weighted by molar-refractivity contribution is 6.06. The van der Waals surface area contributed by atoms with Crippen LogP contribution in [0.5, 0.6) is 11.5 Å². The van der Waals surface area contributed by atoms with Crippen LogP contribution in [0.3, 0.4) is 0 Å². The topological polar surface area (TPSA) is 13.1 Å². The van der Waals surface area contributed by atoms with Gasteiger partial charge in [0.15, 0.2) is 0 Å². The Morgan fingerprint density at radius 3 is 2.35 bits per heavy atom. The van der Waals surface area contributed by atoms with E-state index in [1.54, 1.807) is 0 Å². The van der Waals surface area contributed by atoms with Gasteiger partial charge in [-0.2, -0.15) is 4.57 Å². The maximum Gasteiger partial charge on any atom is 0.257 e. The third kappa shape index (κ3) is 2.81. The number of fused-ring (bicyclic) bond motifs is 3. The summed E-state index contributed by atoms with van der Waals surface area (Å²) in [6, 6.07) is 15.7. The predicted molar refractivity (Wildman–Crippen MR) is 130 cm³/mol. The summed E-state index contributed by atoms with van der Waals surface area (Å²) in [4.78, 5) is 0. The highest BCUT2D eigenvalue weighted by atomic mass is 16.5. The average molecular weight is 411 g/mol. The molecule has 0 saturated heterocycles. The van der Waals surface area contributed by atoms with Crippen molar-refractivity contribution >= 4 is 21.7 Å². The van der Waals surface area contributed by atoms with Crippen LogP contribution in [0.4, 0.5) is 0 Å². The molecule has 0 saturated carbocycles. The standard InChI is InChI=1S/C29H32NO/c1-16(2)19-14-20-13-17(3)18(4)24-25(20)23(15-19)31-28-26(29(5,6)7)21-11-9-10-12-22(21)30(8)27(24)28/h9-16H,1-8H3/q+1. The van der Waals surface area contributed by atoms with Gasteiger partial charge in [0.25, 0.3) is 5.69 Å². The molecule has 0 bridgehead atoms. The Hall–Kier alpha value is -2.87. The summed E-state index contributed by atoms with van der Waals surface area (Å²) in [5.74, 6) is 2.45. The second-order valence-corrected chi connectivity index (χ2v) is 10.4.